The molecule has 1 aliphatic carbocycles. The fourth-order valence-corrected chi connectivity index (χ4v) is 1.44. The lowest BCUT2D eigenvalue weighted by Crippen LogP contribution is -1.73. The van der Waals surface area contributed by atoms with E-state index in [4.69, 9.17) is 0 Å². The van der Waals surface area contributed by atoms with Crippen LogP contribution in [0.1, 0.15) is 39.5 Å². The van der Waals surface area contributed by atoms with Crippen LogP contribution in [0.3, 0.4) is 0 Å². The highest BCUT2D eigenvalue weighted by Gasteiger charge is 2.00. The molecule has 0 fully saturated rings. The Labute approximate surface area is 75.7 Å². The minimum Gasteiger partial charge on any atom is -0.0888 e. The molecule has 0 saturated carbocycles. The van der Waals surface area contributed by atoms with Gasteiger partial charge in [0.05, 0.1) is 0 Å². The first-order valence-electron chi connectivity index (χ1n) is 4.84. The largest absolute Gasteiger partial charge is 0.0888 e. The fourth-order valence-electron chi connectivity index (χ4n) is 1.44. The molecule has 0 N–H and O–H groups in total. The zero-order valence-corrected chi connectivity index (χ0v) is 8.14. The maximum atomic E-state index is 2.34. The Morgan fingerprint density at radius 2 is 2.25 bits per heavy atom. The highest BCUT2D eigenvalue weighted by Crippen LogP contribution is 2.20. The van der Waals surface area contributed by atoms with E-state index in [9.17, 15) is 0 Å². The van der Waals surface area contributed by atoms with Crippen LogP contribution in [0.25, 0.3) is 0 Å². The summed E-state index contributed by atoms with van der Waals surface area (Å²) in [6.45, 7) is 4.38. The Hall–Kier alpha value is -0.780. The van der Waals surface area contributed by atoms with E-state index in [0.29, 0.717) is 0 Å². The van der Waals surface area contributed by atoms with E-state index in [0.717, 1.165) is 6.42 Å². The molecule has 0 heterocycles. The van der Waals surface area contributed by atoms with E-state index >= 15 is 0 Å². The van der Waals surface area contributed by atoms with Crippen LogP contribution in [-0.2, 0) is 0 Å². The highest BCUT2D eigenvalue weighted by molar-refractivity contribution is 5.31. The molecule has 0 aromatic carbocycles. The van der Waals surface area contributed by atoms with Crippen molar-refractivity contribution in [1.29, 1.82) is 0 Å². The maximum absolute atomic E-state index is 2.34. The summed E-state index contributed by atoms with van der Waals surface area (Å²) < 4.78 is 0. The third-order valence-electron chi connectivity index (χ3n) is 2.12. The number of hydrogen-bond donors (Lipinski definition) is 0. The minimum absolute atomic E-state index is 1.16. The molecule has 0 aromatic rings. The van der Waals surface area contributed by atoms with E-state index in [1.165, 1.54) is 30.4 Å². The predicted octanol–water partition coefficient (Wildman–Crippen LogP) is 4.01. The van der Waals surface area contributed by atoms with Crippen molar-refractivity contribution >= 4 is 0 Å². The average molecular weight is 162 g/mol. The summed E-state index contributed by atoms with van der Waals surface area (Å²) in [6, 6.07) is 0. The van der Waals surface area contributed by atoms with Crippen molar-refractivity contribution in [3.63, 3.8) is 0 Å². The van der Waals surface area contributed by atoms with Gasteiger partial charge in [0.1, 0.15) is 0 Å². The van der Waals surface area contributed by atoms with Crippen LogP contribution in [0, 0.1) is 0 Å². The Balaban J connectivity index is 2.20. The van der Waals surface area contributed by atoms with Gasteiger partial charge in [0.15, 0.2) is 0 Å². The van der Waals surface area contributed by atoms with Crippen LogP contribution < -0.4 is 0 Å². The van der Waals surface area contributed by atoms with Crippen LogP contribution in [0.5, 0.6) is 0 Å². The number of hydrogen-bond acceptors (Lipinski definition) is 0. The van der Waals surface area contributed by atoms with Crippen LogP contribution in [0.4, 0.5) is 0 Å². The smallest absolute Gasteiger partial charge is 0.0133 e. The van der Waals surface area contributed by atoms with Gasteiger partial charge in [-0.1, -0.05) is 42.4 Å². The zero-order chi connectivity index (χ0) is 8.81. The van der Waals surface area contributed by atoms with Crippen LogP contribution >= 0.6 is 0 Å². The van der Waals surface area contributed by atoms with Gasteiger partial charge in [0, 0.05) is 0 Å². The van der Waals surface area contributed by atoms with Crippen molar-refractivity contribution in [2.45, 2.75) is 39.5 Å². The third-order valence-corrected chi connectivity index (χ3v) is 2.12. The van der Waals surface area contributed by atoms with Crippen molar-refractivity contribution in [3.05, 3.63) is 35.5 Å². The topological polar surface area (TPSA) is 0 Å². The van der Waals surface area contributed by atoms with Gasteiger partial charge in [-0.3, -0.25) is 0 Å². The van der Waals surface area contributed by atoms with Crippen molar-refractivity contribution in [1.82, 2.24) is 0 Å². The van der Waals surface area contributed by atoms with Gasteiger partial charge in [-0.15, -0.1) is 0 Å². The normalized spacial score (nSPS) is 16.8. The molecule has 0 spiro atoms. The molecular weight excluding hydrogens is 144 g/mol. The maximum Gasteiger partial charge on any atom is -0.0133 e. The monoisotopic (exact) mass is 162 g/mol. The molecule has 0 saturated heterocycles. The lowest BCUT2D eigenvalue weighted by molar-refractivity contribution is 0.999. The lowest BCUT2D eigenvalue weighted by atomic mass is 10.1. The van der Waals surface area contributed by atoms with Gasteiger partial charge in [0.25, 0.3) is 0 Å². The second-order valence-electron chi connectivity index (χ2n) is 3.39. The molecule has 0 nitrogen and oxygen atoms in total. The van der Waals surface area contributed by atoms with E-state index in [1.807, 2.05) is 0 Å². The van der Waals surface area contributed by atoms with Crippen molar-refractivity contribution in [3.8, 4) is 0 Å². The first-order valence-corrected chi connectivity index (χ1v) is 4.84. The molecule has 0 amide bonds. The van der Waals surface area contributed by atoms with E-state index in [1.54, 1.807) is 0 Å². The van der Waals surface area contributed by atoms with E-state index < -0.39 is 0 Å². The molecule has 0 bridgehead atoms. The summed E-state index contributed by atoms with van der Waals surface area (Å²) in [5.74, 6) is 0. The molecular formula is C12H18. The molecule has 0 heteroatoms. The average Bonchev–Trinajstić information content (AvgIpc) is 2.45. The van der Waals surface area contributed by atoms with Gasteiger partial charge in [-0.05, 0) is 32.6 Å². The van der Waals surface area contributed by atoms with Crippen LogP contribution in [0.2, 0.25) is 0 Å². The third kappa shape index (κ3) is 3.08. The lowest BCUT2D eigenvalue weighted by Gasteiger charge is -1.93. The molecule has 1 rings (SSSR count). The molecule has 0 radical (unpaired) electrons. The molecule has 0 aliphatic heterocycles. The zero-order valence-electron chi connectivity index (χ0n) is 8.14. The fraction of sp³-hybridized carbons (Fsp3) is 0.500. The Bertz CT molecular complexity index is 216. The van der Waals surface area contributed by atoms with E-state index in [-0.39, 0.29) is 0 Å². The Morgan fingerprint density at radius 1 is 1.42 bits per heavy atom. The first-order chi connectivity index (χ1) is 5.83. The van der Waals surface area contributed by atoms with E-state index in [2.05, 4.69) is 38.2 Å². The van der Waals surface area contributed by atoms with Gasteiger partial charge in [-0.2, -0.15) is 0 Å². The molecule has 12 heavy (non-hydrogen) atoms. The summed E-state index contributed by atoms with van der Waals surface area (Å²) in [5, 5.41) is 0. The molecule has 1 aliphatic rings. The Kier molecular flexibility index (Phi) is 3.86. The summed E-state index contributed by atoms with van der Waals surface area (Å²) in [7, 11) is 0. The molecule has 66 valence electrons. The number of allylic oxidation sites excluding steroid dienone is 6. The van der Waals surface area contributed by atoms with Crippen molar-refractivity contribution in [2.75, 3.05) is 0 Å². The number of rotatable bonds is 4. The van der Waals surface area contributed by atoms with Gasteiger partial charge in [0.2, 0.25) is 0 Å². The standard InChI is InChI=1S/C12H18/c1-3-4-5-6-7-12-9-8-11(2)10-12/h4-5,9-10H,3,6-8H2,1-2H3. The van der Waals surface area contributed by atoms with Crippen molar-refractivity contribution < 1.29 is 0 Å². The first kappa shape index (κ1) is 9.31. The van der Waals surface area contributed by atoms with Crippen molar-refractivity contribution in [2.24, 2.45) is 0 Å². The van der Waals surface area contributed by atoms with Crippen LogP contribution in [0.15, 0.2) is 35.5 Å². The highest BCUT2D eigenvalue weighted by atomic mass is 14.1. The second kappa shape index (κ2) is 4.97. The summed E-state index contributed by atoms with van der Waals surface area (Å²) >= 11 is 0. The molecule has 0 aromatic heterocycles. The van der Waals surface area contributed by atoms with Gasteiger partial charge >= 0.3 is 0 Å². The molecule has 0 atom stereocenters. The second-order valence-corrected chi connectivity index (χ2v) is 3.39. The summed E-state index contributed by atoms with van der Waals surface area (Å²) in [4.78, 5) is 0. The summed E-state index contributed by atoms with van der Waals surface area (Å²) in [5.41, 5.74) is 3.03. The summed E-state index contributed by atoms with van der Waals surface area (Å²) in [6.07, 6.45) is 13.9. The quantitative estimate of drug-likeness (QED) is 0.548. The molecule has 0 unspecified atom stereocenters. The Morgan fingerprint density at radius 3 is 2.83 bits per heavy atom. The van der Waals surface area contributed by atoms with Gasteiger partial charge in [-0.25, -0.2) is 0 Å². The SMILES string of the molecule is CCC=CCCC1=CCC(C)=C1. The predicted molar refractivity (Wildman–Crippen MR) is 55.1 cm³/mol. The minimum atomic E-state index is 1.16. The van der Waals surface area contributed by atoms with Crippen LogP contribution in [-0.4, -0.2) is 0 Å². The van der Waals surface area contributed by atoms with Gasteiger partial charge < -0.3 is 0 Å².